The first-order valence-electron chi connectivity index (χ1n) is 10.9. The lowest BCUT2D eigenvalue weighted by molar-refractivity contribution is -0.137. The molecule has 2 atom stereocenters. The van der Waals surface area contributed by atoms with E-state index in [1.54, 1.807) is 23.1 Å². The van der Waals surface area contributed by atoms with Gasteiger partial charge in [-0.3, -0.25) is 9.59 Å². The monoisotopic (exact) mass is 446 g/mol. The van der Waals surface area contributed by atoms with Crippen LogP contribution in [-0.4, -0.2) is 36.3 Å². The van der Waals surface area contributed by atoms with E-state index < -0.39 is 23.6 Å². The number of rotatable bonds is 6. The second-order valence-electron chi connectivity index (χ2n) is 8.89. The quantitative estimate of drug-likeness (QED) is 0.677. The summed E-state index contributed by atoms with van der Waals surface area (Å²) < 4.78 is 39.8. The summed E-state index contributed by atoms with van der Waals surface area (Å²) in [5, 5.41) is 2.91. The zero-order valence-corrected chi connectivity index (χ0v) is 18.6. The number of carbonyl (C=O) groups is 2. The van der Waals surface area contributed by atoms with Crippen molar-refractivity contribution in [2.24, 2.45) is 11.8 Å². The molecule has 0 saturated carbocycles. The molecule has 0 radical (unpaired) electrons. The van der Waals surface area contributed by atoms with Crippen LogP contribution < -0.4 is 5.32 Å². The van der Waals surface area contributed by atoms with E-state index in [0.717, 1.165) is 24.1 Å². The Hall–Kier alpha value is -2.83. The van der Waals surface area contributed by atoms with Gasteiger partial charge >= 0.3 is 6.18 Å². The van der Waals surface area contributed by atoms with Crippen molar-refractivity contribution in [1.29, 1.82) is 0 Å². The van der Waals surface area contributed by atoms with Crippen molar-refractivity contribution in [2.75, 3.05) is 19.6 Å². The highest BCUT2D eigenvalue weighted by atomic mass is 19.4. The summed E-state index contributed by atoms with van der Waals surface area (Å²) in [6, 6.07) is 12.2. The minimum atomic E-state index is -4.47. The molecule has 172 valence electrons. The van der Waals surface area contributed by atoms with Gasteiger partial charge in [0.2, 0.25) is 5.91 Å². The molecule has 0 bridgehead atoms. The van der Waals surface area contributed by atoms with Crippen LogP contribution in [0.4, 0.5) is 13.2 Å². The predicted octanol–water partition coefficient (Wildman–Crippen LogP) is 5.03. The molecule has 7 heteroatoms. The Morgan fingerprint density at radius 3 is 2.41 bits per heavy atom. The second-order valence-corrected chi connectivity index (χ2v) is 8.89. The zero-order chi connectivity index (χ0) is 23.5. The third-order valence-electron chi connectivity index (χ3n) is 5.91. The first-order chi connectivity index (χ1) is 15.1. The number of likely N-dealkylation sites (tertiary alicyclic amines) is 1. The lowest BCUT2D eigenvalue weighted by Crippen LogP contribution is -2.36. The van der Waals surface area contributed by atoms with E-state index in [4.69, 9.17) is 0 Å². The van der Waals surface area contributed by atoms with Crippen molar-refractivity contribution in [2.45, 2.75) is 39.3 Å². The molecule has 0 spiro atoms. The average molecular weight is 447 g/mol. The average Bonchev–Trinajstić information content (AvgIpc) is 3.18. The van der Waals surface area contributed by atoms with Crippen LogP contribution in [0.15, 0.2) is 48.5 Å². The molecule has 1 saturated heterocycles. The summed E-state index contributed by atoms with van der Waals surface area (Å²) in [5.74, 6) is -1.16. The summed E-state index contributed by atoms with van der Waals surface area (Å²) in [6.45, 7) is 6.88. The van der Waals surface area contributed by atoms with Crippen LogP contribution in [-0.2, 0) is 11.0 Å². The smallest absolute Gasteiger partial charge is 0.356 e. The van der Waals surface area contributed by atoms with Gasteiger partial charge in [0.1, 0.15) is 0 Å². The summed E-state index contributed by atoms with van der Waals surface area (Å²) in [6.07, 6.45) is -3.67. The van der Waals surface area contributed by atoms with Gasteiger partial charge in [-0.05, 0) is 43.0 Å². The summed E-state index contributed by atoms with van der Waals surface area (Å²) >= 11 is 0. The van der Waals surface area contributed by atoms with Crippen molar-refractivity contribution >= 4 is 11.8 Å². The van der Waals surface area contributed by atoms with Gasteiger partial charge in [0.15, 0.2) is 0 Å². The number of alkyl halides is 3. The largest absolute Gasteiger partial charge is 0.416 e. The number of nitrogens with one attached hydrogen (secondary N) is 1. The number of amides is 2. The molecule has 32 heavy (non-hydrogen) atoms. The number of hydrogen-bond donors (Lipinski definition) is 1. The molecule has 1 heterocycles. The normalized spacial score (nSPS) is 18.8. The first-order valence-corrected chi connectivity index (χ1v) is 10.9. The van der Waals surface area contributed by atoms with E-state index in [9.17, 15) is 22.8 Å². The molecule has 3 rings (SSSR count). The van der Waals surface area contributed by atoms with Crippen molar-refractivity contribution in [3.8, 4) is 0 Å². The van der Waals surface area contributed by atoms with Crippen LogP contribution in [0.3, 0.4) is 0 Å². The Balaban J connectivity index is 1.86. The predicted molar refractivity (Wildman–Crippen MR) is 117 cm³/mol. The van der Waals surface area contributed by atoms with Crippen LogP contribution in [0.1, 0.15) is 53.2 Å². The molecule has 2 amide bonds. The fraction of sp³-hybridized carbons (Fsp3) is 0.440. The van der Waals surface area contributed by atoms with Gasteiger partial charge in [-0.2, -0.15) is 13.2 Å². The van der Waals surface area contributed by atoms with Gasteiger partial charge in [0.25, 0.3) is 5.91 Å². The van der Waals surface area contributed by atoms with Gasteiger partial charge in [-0.15, -0.1) is 0 Å². The maximum atomic E-state index is 13.3. The maximum Gasteiger partial charge on any atom is 0.416 e. The Morgan fingerprint density at radius 1 is 1.09 bits per heavy atom. The van der Waals surface area contributed by atoms with Crippen LogP contribution in [0.5, 0.6) is 0 Å². The molecule has 1 fully saturated rings. The highest BCUT2D eigenvalue weighted by Crippen LogP contribution is 2.37. The first kappa shape index (κ1) is 23.8. The molecule has 1 N–H and O–H groups in total. The van der Waals surface area contributed by atoms with Gasteiger partial charge < -0.3 is 10.2 Å². The molecule has 1 aliphatic heterocycles. The van der Waals surface area contributed by atoms with Crippen molar-refractivity contribution in [3.05, 3.63) is 70.8 Å². The number of nitrogens with zero attached hydrogens (tertiary/aromatic N) is 1. The molecule has 0 aromatic heterocycles. The third kappa shape index (κ3) is 5.69. The van der Waals surface area contributed by atoms with Crippen molar-refractivity contribution in [3.63, 3.8) is 0 Å². The van der Waals surface area contributed by atoms with Gasteiger partial charge in [-0.25, -0.2) is 0 Å². The number of benzene rings is 2. The molecular formula is C25H29F3N2O2. The Labute approximate surface area is 186 Å². The number of carbonyl (C=O) groups excluding carboxylic acids is 2. The fourth-order valence-corrected chi connectivity index (χ4v) is 4.01. The van der Waals surface area contributed by atoms with E-state index in [-0.39, 0.29) is 24.9 Å². The Morgan fingerprint density at radius 2 is 1.78 bits per heavy atom. The van der Waals surface area contributed by atoms with Gasteiger partial charge in [-0.1, -0.05) is 49.7 Å². The highest BCUT2D eigenvalue weighted by molar-refractivity contribution is 5.95. The van der Waals surface area contributed by atoms with Crippen LogP contribution in [0.25, 0.3) is 0 Å². The molecule has 4 nitrogen and oxygen atoms in total. The minimum Gasteiger partial charge on any atom is -0.356 e. The van der Waals surface area contributed by atoms with Crippen LogP contribution >= 0.6 is 0 Å². The number of aryl methyl sites for hydroxylation is 1. The Kier molecular flexibility index (Phi) is 7.26. The van der Waals surface area contributed by atoms with Crippen LogP contribution in [0.2, 0.25) is 0 Å². The lowest BCUT2D eigenvalue weighted by Gasteiger charge is -2.19. The summed E-state index contributed by atoms with van der Waals surface area (Å²) in [5.41, 5.74) is 1.19. The number of hydrogen-bond acceptors (Lipinski definition) is 2. The van der Waals surface area contributed by atoms with E-state index in [2.05, 4.69) is 19.2 Å². The zero-order valence-electron chi connectivity index (χ0n) is 18.6. The highest BCUT2D eigenvalue weighted by Gasteiger charge is 2.41. The molecular weight excluding hydrogens is 417 g/mol. The Bertz CT molecular complexity index is 954. The summed E-state index contributed by atoms with van der Waals surface area (Å²) in [4.78, 5) is 27.6. The topological polar surface area (TPSA) is 49.4 Å². The molecule has 2 unspecified atom stereocenters. The van der Waals surface area contributed by atoms with E-state index >= 15 is 0 Å². The second kappa shape index (κ2) is 9.76. The van der Waals surface area contributed by atoms with Crippen molar-refractivity contribution in [1.82, 2.24) is 10.2 Å². The maximum absolute atomic E-state index is 13.3. The fourth-order valence-electron chi connectivity index (χ4n) is 4.01. The molecule has 1 aliphatic rings. The third-order valence-corrected chi connectivity index (χ3v) is 5.91. The van der Waals surface area contributed by atoms with Gasteiger partial charge in [0.05, 0.1) is 11.5 Å². The minimum absolute atomic E-state index is 0.168. The standard InChI is InChI=1S/C25H29F3N2O2/c1-16(2)11-12-29-23(31)22-15-30(24(32)18-9-7-17(3)8-10-18)14-21(22)19-5-4-6-20(13-19)25(26,27)28/h4-10,13,16,21-22H,11-12,14-15H2,1-3H3,(H,29,31). The SMILES string of the molecule is Cc1ccc(C(=O)N2CC(C(=O)NCCC(C)C)C(c3cccc(C(F)(F)F)c3)C2)cc1. The van der Waals surface area contributed by atoms with Gasteiger partial charge in [0, 0.05) is 31.1 Å². The summed E-state index contributed by atoms with van der Waals surface area (Å²) in [7, 11) is 0. The van der Waals surface area contributed by atoms with Crippen LogP contribution in [0, 0.1) is 18.8 Å². The number of halogens is 3. The molecule has 2 aromatic carbocycles. The molecule has 2 aromatic rings. The van der Waals surface area contributed by atoms with E-state index in [0.29, 0.717) is 23.6 Å². The van der Waals surface area contributed by atoms with E-state index in [1.807, 2.05) is 19.1 Å². The molecule has 0 aliphatic carbocycles. The lowest BCUT2D eigenvalue weighted by atomic mass is 9.87. The van der Waals surface area contributed by atoms with Crippen molar-refractivity contribution < 1.29 is 22.8 Å². The van der Waals surface area contributed by atoms with E-state index in [1.165, 1.54) is 6.07 Å².